The number of hydrogen-bond acceptors (Lipinski definition) is 2. The Morgan fingerprint density at radius 2 is 2.12 bits per heavy atom. The molecule has 92 valence electrons. The van der Waals surface area contributed by atoms with Crippen LogP contribution in [0.2, 0.25) is 5.02 Å². The summed E-state index contributed by atoms with van der Waals surface area (Å²) in [7, 11) is 0. The van der Waals surface area contributed by atoms with Gasteiger partial charge in [-0.3, -0.25) is 0 Å². The van der Waals surface area contributed by atoms with Crippen molar-refractivity contribution in [3.63, 3.8) is 0 Å². The van der Waals surface area contributed by atoms with E-state index in [1.54, 1.807) is 0 Å². The van der Waals surface area contributed by atoms with Gasteiger partial charge in [0.05, 0.1) is 5.03 Å². The fourth-order valence-electron chi connectivity index (χ4n) is 1.67. The van der Waals surface area contributed by atoms with Crippen molar-refractivity contribution in [1.29, 1.82) is 0 Å². The van der Waals surface area contributed by atoms with Crippen LogP contribution in [0.4, 0.5) is 0 Å². The first-order valence-electron chi connectivity index (χ1n) is 5.61. The molecule has 0 saturated carbocycles. The highest BCUT2D eigenvalue weighted by Crippen LogP contribution is 2.40. The Hall–Kier alpha value is -0.150. The van der Waals surface area contributed by atoms with Crippen LogP contribution in [-0.4, -0.2) is 18.3 Å². The molecule has 0 atom stereocenters. The monoisotopic (exact) mass is 287 g/mol. The zero-order valence-electron chi connectivity index (χ0n) is 9.89. The molecular formula is C13H15Cl2NS. The Morgan fingerprint density at radius 3 is 2.82 bits per heavy atom. The Labute approximate surface area is 117 Å². The molecule has 17 heavy (non-hydrogen) atoms. The van der Waals surface area contributed by atoms with Crippen LogP contribution in [0, 0.1) is 0 Å². The second-order valence-corrected chi connectivity index (χ2v) is 6.21. The number of nitrogens with one attached hydrogen (secondary N) is 1. The molecule has 0 aliphatic carbocycles. The van der Waals surface area contributed by atoms with E-state index in [9.17, 15) is 0 Å². The molecule has 0 spiro atoms. The molecule has 1 aliphatic heterocycles. The molecule has 1 aliphatic rings. The lowest BCUT2D eigenvalue weighted by Gasteiger charge is -2.20. The summed E-state index contributed by atoms with van der Waals surface area (Å²) in [4.78, 5) is 1.22. The molecule has 0 saturated heterocycles. The third kappa shape index (κ3) is 3.19. The Morgan fingerprint density at radius 1 is 1.35 bits per heavy atom. The molecule has 1 heterocycles. The van der Waals surface area contributed by atoms with Gasteiger partial charge in [-0.2, -0.15) is 0 Å². The van der Waals surface area contributed by atoms with Crippen molar-refractivity contribution in [2.45, 2.75) is 24.8 Å². The number of benzene rings is 1. The first-order chi connectivity index (χ1) is 8.08. The highest BCUT2D eigenvalue weighted by atomic mass is 35.5. The molecule has 0 amide bonds. The normalized spacial score (nSPS) is 15.4. The summed E-state index contributed by atoms with van der Waals surface area (Å²) >= 11 is 14.3. The van der Waals surface area contributed by atoms with Crippen LogP contribution in [0.25, 0.3) is 5.03 Å². The average molecular weight is 288 g/mol. The number of hydrogen-bond donors (Lipinski definition) is 1. The maximum absolute atomic E-state index is 6.44. The van der Waals surface area contributed by atoms with Crippen molar-refractivity contribution < 1.29 is 0 Å². The van der Waals surface area contributed by atoms with Gasteiger partial charge in [-0.15, -0.1) is 11.8 Å². The van der Waals surface area contributed by atoms with Gasteiger partial charge in [-0.05, 0) is 23.8 Å². The minimum atomic E-state index is 0.470. The maximum atomic E-state index is 6.44. The van der Waals surface area contributed by atoms with Crippen molar-refractivity contribution in [1.82, 2.24) is 5.32 Å². The van der Waals surface area contributed by atoms with Crippen LogP contribution in [0.1, 0.15) is 19.4 Å². The second-order valence-electron chi connectivity index (χ2n) is 4.38. The van der Waals surface area contributed by atoms with E-state index in [2.05, 4.69) is 19.2 Å². The van der Waals surface area contributed by atoms with Gasteiger partial charge in [-0.1, -0.05) is 37.0 Å². The van der Waals surface area contributed by atoms with E-state index >= 15 is 0 Å². The predicted octanol–water partition coefficient (Wildman–Crippen LogP) is 4.39. The van der Waals surface area contributed by atoms with Gasteiger partial charge < -0.3 is 5.32 Å². The van der Waals surface area contributed by atoms with Crippen molar-refractivity contribution in [2.24, 2.45) is 0 Å². The summed E-state index contributed by atoms with van der Waals surface area (Å²) in [5, 5.41) is 4.99. The molecule has 0 radical (unpaired) electrons. The smallest absolute Gasteiger partial charge is 0.0503 e. The van der Waals surface area contributed by atoms with Gasteiger partial charge in [0.2, 0.25) is 0 Å². The van der Waals surface area contributed by atoms with E-state index in [1.807, 2.05) is 30.0 Å². The van der Waals surface area contributed by atoms with E-state index in [0.717, 1.165) is 27.9 Å². The average Bonchev–Trinajstić information content (AvgIpc) is 2.29. The number of halogens is 2. The van der Waals surface area contributed by atoms with E-state index in [1.165, 1.54) is 10.5 Å². The molecule has 1 nitrogen and oxygen atoms in total. The maximum Gasteiger partial charge on any atom is 0.0503 e. The molecular weight excluding hydrogens is 273 g/mol. The fourth-order valence-corrected chi connectivity index (χ4v) is 3.33. The van der Waals surface area contributed by atoms with E-state index in [4.69, 9.17) is 23.2 Å². The SMILES string of the molecule is CC(C)NCC1=C(Cl)c2cc(Cl)ccc2SC1. The summed E-state index contributed by atoms with van der Waals surface area (Å²) in [6, 6.07) is 6.37. The van der Waals surface area contributed by atoms with E-state index in [-0.39, 0.29) is 0 Å². The molecule has 0 unspecified atom stereocenters. The highest BCUT2D eigenvalue weighted by molar-refractivity contribution is 7.99. The van der Waals surface area contributed by atoms with Gasteiger partial charge in [-0.25, -0.2) is 0 Å². The second kappa shape index (κ2) is 5.66. The third-order valence-electron chi connectivity index (χ3n) is 2.61. The molecule has 1 aromatic rings. The van der Waals surface area contributed by atoms with Gasteiger partial charge >= 0.3 is 0 Å². The van der Waals surface area contributed by atoms with E-state index < -0.39 is 0 Å². The lowest BCUT2D eigenvalue weighted by atomic mass is 10.1. The van der Waals surface area contributed by atoms with Crippen LogP contribution in [0.15, 0.2) is 28.7 Å². The first kappa shape index (κ1) is 13.3. The minimum absolute atomic E-state index is 0.470. The van der Waals surface area contributed by atoms with Crippen LogP contribution in [-0.2, 0) is 0 Å². The Bertz CT molecular complexity index is 455. The Kier molecular flexibility index (Phi) is 4.42. The standard InChI is InChI=1S/C13H15Cl2NS/c1-8(2)16-6-9-7-17-12-4-3-10(14)5-11(12)13(9)15/h3-5,8,16H,6-7H2,1-2H3. The lowest BCUT2D eigenvalue weighted by molar-refractivity contribution is 0.623. The van der Waals surface area contributed by atoms with Crippen molar-refractivity contribution >= 4 is 40.0 Å². The minimum Gasteiger partial charge on any atom is -0.311 e. The first-order valence-corrected chi connectivity index (χ1v) is 7.35. The molecule has 0 bridgehead atoms. The zero-order valence-corrected chi connectivity index (χ0v) is 12.2. The topological polar surface area (TPSA) is 12.0 Å². The fraction of sp³-hybridized carbons (Fsp3) is 0.385. The largest absolute Gasteiger partial charge is 0.311 e. The summed E-state index contributed by atoms with van der Waals surface area (Å²) in [5.74, 6) is 0.952. The quantitative estimate of drug-likeness (QED) is 0.885. The summed E-state index contributed by atoms with van der Waals surface area (Å²) in [5.41, 5.74) is 2.32. The Balaban J connectivity index is 2.27. The molecule has 1 aromatic carbocycles. The van der Waals surface area contributed by atoms with Gasteiger partial charge in [0, 0.05) is 33.8 Å². The van der Waals surface area contributed by atoms with Crippen LogP contribution in [0.5, 0.6) is 0 Å². The van der Waals surface area contributed by atoms with Crippen molar-refractivity contribution in [2.75, 3.05) is 12.3 Å². The van der Waals surface area contributed by atoms with Crippen LogP contribution < -0.4 is 5.32 Å². The predicted molar refractivity (Wildman–Crippen MR) is 78.1 cm³/mol. The molecule has 0 fully saturated rings. The van der Waals surface area contributed by atoms with Crippen LogP contribution in [0.3, 0.4) is 0 Å². The van der Waals surface area contributed by atoms with Gasteiger partial charge in [0.1, 0.15) is 0 Å². The van der Waals surface area contributed by atoms with Crippen LogP contribution >= 0.6 is 35.0 Å². The molecule has 1 N–H and O–H groups in total. The molecule has 4 heteroatoms. The third-order valence-corrected chi connectivity index (χ3v) is 4.48. The van der Waals surface area contributed by atoms with Gasteiger partial charge in [0.15, 0.2) is 0 Å². The zero-order chi connectivity index (χ0) is 12.4. The molecule has 0 aromatic heterocycles. The molecule has 2 rings (SSSR count). The highest BCUT2D eigenvalue weighted by Gasteiger charge is 2.18. The number of thioether (sulfide) groups is 1. The summed E-state index contributed by atoms with van der Waals surface area (Å²) < 4.78 is 0. The summed E-state index contributed by atoms with van der Waals surface area (Å²) in [6.07, 6.45) is 0. The lowest BCUT2D eigenvalue weighted by Crippen LogP contribution is -2.26. The van der Waals surface area contributed by atoms with Crippen molar-refractivity contribution in [3.05, 3.63) is 34.4 Å². The number of fused-ring (bicyclic) bond motifs is 1. The van der Waals surface area contributed by atoms with Crippen molar-refractivity contribution in [3.8, 4) is 0 Å². The van der Waals surface area contributed by atoms with Gasteiger partial charge in [0.25, 0.3) is 0 Å². The number of rotatable bonds is 3. The van der Waals surface area contributed by atoms with E-state index in [0.29, 0.717) is 6.04 Å². The summed E-state index contributed by atoms with van der Waals surface area (Å²) in [6.45, 7) is 5.11.